The van der Waals surface area contributed by atoms with Gasteiger partial charge in [0.25, 0.3) is 0 Å². The van der Waals surface area contributed by atoms with Crippen LogP contribution >= 0.6 is 23.2 Å². The molecule has 0 aliphatic carbocycles. The number of carbonyl (C=O) groups excluding carboxylic acids is 2. The Morgan fingerprint density at radius 1 is 1.28 bits per heavy atom. The summed E-state index contributed by atoms with van der Waals surface area (Å²) >= 11 is 11.8. The smallest absolute Gasteiger partial charge is 0.243 e. The quantitative estimate of drug-likeness (QED) is 0.702. The minimum atomic E-state index is -0.313. The van der Waals surface area contributed by atoms with Gasteiger partial charge in [0.15, 0.2) is 0 Å². The molecule has 0 saturated carbocycles. The van der Waals surface area contributed by atoms with Crippen molar-refractivity contribution in [3.8, 4) is 0 Å². The number of nitrogens with zero attached hydrogens (tertiary/aromatic N) is 1. The second kappa shape index (κ2) is 8.85. The van der Waals surface area contributed by atoms with Gasteiger partial charge >= 0.3 is 0 Å². The van der Waals surface area contributed by atoms with E-state index in [0.29, 0.717) is 21.7 Å². The minimum Gasteiger partial charge on any atom is -0.335 e. The van der Waals surface area contributed by atoms with Crippen LogP contribution in [0.1, 0.15) is 26.7 Å². The SMILES string of the molecule is CC(C)CC1CC(C(=O)N(C)CC(=O)Nc2ccc(Cl)c(Cl)c2)NN1. The number of benzene rings is 1. The van der Waals surface area contributed by atoms with Gasteiger partial charge in [0.05, 0.1) is 16.6 Å². The number of hydrogen-bond acceptors (Lipinski definition) is 4. The molecule has 6 nitrogen and oxygen atoms in total. The van der Waals surface area contributed by atoms with Gasteiger partial charge in [-0.3, -0.25) is 15.0 Å². The van der Waals surface area contributed by atoms with E-state index in [2.05, 4.69) is 30.0 Å². The third-order valence-corrected chi connectivity index (χ3v) is 4.74. The molecule has 1 aliphatic rings. The number of likely N-dealkylation sites (N-methyl/N-ethyl adjacent to an activating group) is 1. The van der Waals surface area contributed by atoms with Gasteiger partial charge in [0, 0.05) is 18.8 Å². The molecule has 2 rings (SSSR count). The van der Waals surface area contributed by atoms with E-state index in [4.69, 9.17) is 23.2 Å². The van der Waals surface area contributed by atoms with E-state index in [1.165, 1.54) is 4.90 Å². The van der Waals surface area contributed by atoms with Crippen molar-refractivity contribution in [2.24, 2.45) is 5.92 Å². The molecular formula is C17H24Cl2N4O2. The van der Waals surface area contributed by atoms with Crippen LogP contribution in [0.4, 0.5) is 5.69 Å². The summed E-state index contributed by atoms with van der Waals surface area (Å²) in [7, 11) is 1.62. The Hall–Kier alpha value is -1.34. The van der Waals surface area contributed by atoms with E-state index in [1.807, 2.05) is 0 Å². The summed E-state index contributed by atoms with van der Waals surface area (Å²) in [5, 5.41) is 3.49. The van der Waals surface area contributed by atoms with Crippen LogP contribution in [-0.4, -0.2) is 42.4 Å². The Kier molecular flexibility index (Phi) is 7.07. The molecule has 25 heavy (non-hydrogen) atoms. The van der Waals surface area contributed by atoms with Gasteiger partial charge in [-0.15, -0.1) is 0 Å². The number of hydrazine groups is 1. The van der Waals surface area contributed by atoms with Gasteiger partial charge in [-0.2, -0.15) is 0 Å². The summed E-state index contributed by atoms with van der Waals surface area (Å²) in [6.45, 7) is 4.26. The summed E-state index contributed by atoms with van der Waals surface area (Å²) in [6.07, 6.45) is 1.72. The maximum Gasteiger partial charge on any atom is 0.243 e. The van der Waals surface area contributed by atoms with E-state index < -0.39 is 0 Å². The molecule has 1 aliphatic heterocycles. The van der Waals surface area contributed by atoms with E-state index in [1.54, 1.807) is 25.2 Å². The van der Waals surface area contributed by atoms with E-state index >= 15 is 0 Å². The summed E-state index contributed by atoms with van der Waals surface area (Å²) < 4.78 is 0. The Morgan fingerprint density at radius 2 is 2.00 bits per heavy atom. The van der Waals surface area contributed by atoms with Crippen LogP contribution in [0.25, 0.3) is 0 Å². The molecule has 1 aromatic carbocycles. The lowest BCUT2D eigenvalue weighted by molar-refractivity contribution is -0.134. The lowest BCUT2D eigenvalue weighted by atomic mass is 9.99. The van der Waals surface area contributed by atoms with Gasteiger partial charge in [-0.05, 0) is 37.0 Å². The van der Waals surface area contributed by atoms with Gasteiger partial charge in [0.2, 0.25) is 11.8 Å². The Balaban J connectivity index is 1.84. The first-order valence-electron chi connectivity index (χ1n) is 8.27. The van der Waals surface area contributed by atoms with Crippen molar-refractivity contribution in [3.63, 3.8) is 0 Å². The van der Waals surface area contributed by atoms with Gasteiger partial charge in [-0.25, -0.2) is 5.43 Å². The zero-order valence-corrected chi connectivity index (χ0v) is 16.1. The average Bonchev–Trinajstić information content (AvgIpc) is 2.97. The summed E-state index contributed by atoms with van der Waals surface area (Å²) in [5.74, 6) is 0.157. The first-order valence-corrected chi connectivity index (χ1v) is 9.02. The van der Waals surface area contributed by atoms with Crippen LogP contribution < -0.4 is 16.2 Å². The molecule has 1 fully saturated rings. The number of hydrogen-bond donors (Lipinski definition) is 3. The van der Waals surface area contributed by atoms with Crippen molar-refractivity contribution in [2.75, 3.05) is 18.9 Å². The maximum absolute atomic E-state index is 12.5. The third kappa shape index (κ3) is 5.85. The van der Waals surface area contributed by atoms with E-state index in [0.717, 1.165) is 12.8 Å². The van der Waals surface area contributed by atoms with Crippen LogP contribution in [-0.2, 0) is 9.59 Å². The molecular weight excluding hydrogens is 363 g/mol. The molecule has 0 radical (unpaired) electrons. The molecule has 138 valence electrons. The third-order valence-electron chi connectivity index (χ3n) is 4.00. The van der Waals surface area contributed by atoms with Crippen LogP contribution in [0.15, 0.2) is 18.2 Å². The fraction of sp³-hybridized carbons (Fsp3) is 0.529. The highest BCUT2D eigenvalue weighted by atomic mass is 35.5. The van der Waals surface area contributed by atoms with Crippen LogP contribution in [0.2, 0.25) is 10.0 Å². The van der Waals surface area contributed by atoms with Gasteiger partial charge in [-0.1, -0.05) is 37.0 Å². The van der Waals surface area contributed by atoms with Crippen LogP contribution in [0.3, 0.4) is 0 Å². The molecule has 1 saturated heterocycles. The molecule has 1 aromatic rings. The van der Waals surface area contributed by atoms with Crippen molar-refractivity contribution in [2.45, 2.75) is 38.8 Å². The fourth-order valence-corrected chi connectivity index (χ4v) is 3.14. The number of amides is 2. The zero-order valence-electron chi connectivity index (χ0n) is 14.6. The Bertz CT molecular complexity index is 639. The summed E-state index contributed by atoms with van der Waals surface area (Å²) in [6, 6.07) is 4.80. The van der Waals surface area contributed by atoms with Gasteiger partial charge in [0.1, 0.15) is 6.04 Å². The van der Waals surface area contributed by atoms with Crippen LogP contribution in [0, 0.1) is 5.92 Å². The lowest BCUT2D eigenvalue weighted by Gasteiger charge is -2.20. The molecule has 2 unspecified atom stereocenters. The molecule has 3 N–H and O–H groups in total. The monoisotopic (exact) mass is 386 g/mol. The summed E-state index contributed by atoms with van der Waals surface area (Å²) in [4.78, 5) is 26.0. The molecule has 0 aromatic heterocycles. The Labute approximate surface area is 158 Å². The first-order chi connectivity index (χ1) is 11.8. The topological polar surface area (TPSA) is 73.5 Å². The van der Waals surface area contributed by atoms with Crippen molar-refractivity contribution in [1.29, 1.82) is 0 Å². The van der Waals surface area contributed by atoms with Crippen LogP contribution in [0.5, 0.6) is 0 Å². The van der Waals surface area contributed by atoms with Crippen molar-refractivity contribution in [3.05, 3.63) is 28.2 Å². The van der Waals surface area contributed by atoms with Crippen molar-refractivity contribution < 1.29 is 9.59 Å². The van der Waals surface area contributed by atoms with E-state index in [9.17, 15) is 9.59 Å². The highest BCUT2D eigenvalue weighted by Gasteiger charge is 2.31. The zero-order chi connectivity index (χ0) is 18.6. The largest absolute Gasteiger partial charge is 0.335 e. The molecule has 2 atom stereocenters. The predicted octanol–water partition coefficient (Wildman–Crippen LogP) is 2.67. The number of anilines is 1. The normalized spacial score (nSPS) is 19.9. The Morgan fingerprint density at radius 3 is 2.64 bits per heavy atom. The highest BCUT2D eigenvalue weighted by Crippen LogP contribution is 2.25. The number of carbonyl (C=O) groups is 2. The lowest BCUT2D eigenvalue weighted by Crippen LogP contribution is -2.46. The molecule has 2 amide bonds. The standard InChI is InChI=1S/C17H24Cl2N4O2/c1-10(2)6-12-8-15(22-21-12)17(25)23(3)9-16(24)20-11-4-5-13(18)14(19)7-11/h4-5,7,10,12,15,21-22H,6,8-9H2,1-3H3,(H,20,24). The first kappa shape index (κ1) is 20.0. The average molecular weight is 387 g/mol. The molecule has 0 bridgehead atoms. The minimum absolute atomic E-state index is 0.0356. The number of rotatable bonds is 6. The summed E-state index contributed by atoms with van der Waals surface area (Å²) in [5.41, 5.74) is 6.72. The van der Waals surface area contributed by atoms with Crippen molar-refractivity contribution >= 4 is 40.7 Å². The molecule has 0 spiro atoms. The predicted molar refractivity (Wildman–Crippen MR) is 101 cm³/mol. The fourth-order valence-electron chi connectivity index (χ4n) is 2.84. The second-order valence-electron chi connectivity index (χ2n) is 6.77. The number of halogens is 2. The number of nitrogens with one attached hydrogen (secondary N) is 3. The second-order valence-corrected chi connectivity index (χ2v) is 7.59. The molecule has 1 heterocycles. The van der Waals surface area contributed by atoms with Gasteiger partial charge < -0.3 is 10.2 Å². The maximum atomic E-state index is 12.5. The van der Waals surface area contributed by atoms with E-state index in [-0.39, 0.29) is 30.4 Å². The highest BCUT2D eigenvalue weighted by molar-refractivity contribution is 6.42. The molecule has 8 heteroatoms. The van der Waals surface area contributed by atoms with Crippen molar-refractivity contribution in [1.82, 2.24) is 15.8 Å².